The van der Waals surface area contributed by atoms with Crippen LogP contribution in [-0.2, 0) is 43.2 Å². The predicted molar refractivity (Wildman–Crippen MR) is 244 cm³/mol. The summed E-state index contributed by atoms with van der Waals surface area (Å²) >= 11 is 0. The predicted octanol–water partition coefficient (Wildman–Crippen LogP) is -1.90. The largest absolute Gasteiger partial charge is 0.480 e. The van der Waals surface area contributed by atoms with Gasteiger partial charge in [0.1, 0.15) is 42.3 Å². The summed E-state index contributed by atoms with van der Waals surface area (Å²) in [7, 11) is 0. The number of aliphatic hydroxyl groups is 2. The Hall–Kier alpha value is -4.93. The Kier molecular flexibility index (Phi) is 26.5. The molecule has 14 N–H and O–H groups in total. The van der Waals surface area contributed by atoms with E-state index in [1.807, 2.05) is 27.7 Å². The van der Waals surface area contributed by atoms with E-state index in [-0.39, 0.29) is 56.5 Å². The minimum absolute atomic E-state index is 0.0462. The number of carboxylic acid groups (broad SMARTS) is 1. The number of carboxylic acids is 1. The van der Waals surface area contributed by atoms with Crippen LogP contribution in [0.3, 0.4) is 0 Å². The molecule has 22 nitrogen and oxygen atoms in total. The number of unbranched alkanes of at least 4 members (excludes halogenated alkanes) is 1. The Morgan fingerprint density at radius 2 is 1.21 bits per heavy atom. The molecule has 1 rings (SSSR count). The minimum atomic E-state index is -1.63. The van der Waals surface area contributed by atoms with Crippen LogP contribution in [-0.4, -0.2) is 154 Å². The summed E-state index contributed by atoms with van der Waals surface area (Å²) in [4.78, 5) is 120. The van der Waals surface area contributed by atoms with E-state index < -0.39 is 127 Å². The summed E-state index contributed by atoms with van der Waals surface area (Å²) in [6.45, 7) is 14.6. The number of hydrogen-bond acceptors (Lipinski definition) is 13. The minimum Gasteiger partial charge on any atom is -0.480 e. The molecule has 1 aliphatic heterocycles. The van der Waals surface area contributed by atoms with Gasteiger partial charge < -0.3 is 68.9 Å². The van der Waals surface area contributed by atoms with Gasteiger partial charge in [0.2, 0.25) is 47.3 Å². The van der Waals surface area contributed by atoms with E-state index in [0.717, 1.165) is 0 Å². The SMILES string of the molecule is CC[C@H](C)[C@H](N)C(=O)N[C@@H](CC(C)C)C(=O)N[C@@H](CO)C(=O)N1CCC[C@H]1C(=O)N[C@@H](CC(C)C)C(=O)N[C@H](C(=O)N[C@@H](CCCCN)C(=O)NCC(=O)N[C@H](C(=O)O)[C@@H](C)CC)[C@@H](C)O. The van der Waals surface area contributed by atoms with Gasteiger partial charge in [0.15, 0.2) is 0 Å². The van der Waals surface area contributed by atoms with Crippen molar-refractivity contribution in [2.75, 3.05) is 26.2 Å². The lowest BCUT2D eigenvalue weighted by Gasteiger charge is -2.31. The molecule has 0 radical (unpaired) electrons. The Morgan fingerprint density at radius 3 is 1.73 bits per heavy atom. The number of rotatable bonds is 30. The molecule has 22 heteroatoms. The fraction of sp³-hybridized carbons (Fsp3) is 0.795. The number of carbonyl (C=O) groups excluding carboxylic acids is 8. The number of amides is 8. The van der Waals surface area contributed by atoms with Gasteiger partial charge in [-0.3, -0.25) is 38.4 Å². The van der Waals surface area contributed by atoms with Crippen molar-refractivity contribution in [3.05, 3.63) is 0 Å². The number of aliphatic hydroxyl groups excluding tert-OH is 2. The fourth-order valence-corrected chi connectivity index (χ4v) is 7.30. The van der Waals surface area contributed by atoms with Crippen molar-refractivity contribution < 1.29 is 58.5 Å². The summed E-state index contributed by atoms with van der Waals surface area (Å²) in [5.74, 6) is -8.10. The second-order valence-corrected chi connectivity index (χ2v) is 18.3. The normalized spacial score (nSPS) is 18.3. The lowest BCUT2D eigenvalue weighted by molar-refractivity contribution is -0.143. The van der Waals surface area contributed by atoms with E-state index in [9.17, 15) is 58.5 Å². The Bertz CT molecular complexity index is 1630. The molecule has 8 amide bonds. The van der Waals surface area contributed by atoms with Crippen LogP contribution in [0.25, 0.3) is 0 Å². The average Bonchev–Trinajstić information content (AvgIpc) is 3.76. The van der Waals surface area contributed by atoms with Crippen molar-refractivity contribution in [1.29, 1.82) is 0 Å². The van der Waals surface area contributed by atoms with Crippen LogP contribution in [0, 0.1) is 23.7 Å². The van der Waals surface area contributed by atoms with Gasteiger partial charge in [0.05, 0.1) is 25.3 Å². The molecule has 0 bridgehead atoms. The third-order valence-corrected chi connectivity index (χ3v) is 11.7. The lowest BCUT2D eigenvalue weighted by Crippen LogP contribution is -2.61. The molecule has 378 valence electrons. The van der Waals surface area contributed by atoms with Gasteiger partial charge in [-0.25, -0.2) is 4.79 Å². The quantitative estimate of drug-likeness (QED) is 0.0350. The second kappa shape index (κ2) is 29.7. The molecule has 66 heavy (non-hydrogen) atoms. The first-order valence-corrected chi connectivity index (χ1v) is 23.3. The Labute approximate surface area is 389 Å². The molecule has 0 aliphatic carbocycles. The van der Waals surface area contributed by atoms with E-state index in [1.54, 1.807) is 27.7 Å². The maximum absolute atomic E-state index is 13.9. The number of hydrogen-bond donors (Lipinski definition) is 12. The van der Waals surface area contributed by atoms with Gasteiger partial charge in [-0.1, -0.05) is 68.2 Å². The standard InChI is InChI=1S/C44H80N10O12/c1-10-25(7)34(46)41(62)50-29(19-23(3)4)38(59)51-31(22-55)43(64)54-18-14-16-32(54)40(61)49-30(20-24(5)6)39(60)53-36(27(9)56)42(63)48-28(15-12-13-17-45)37(58)47-21-33(57)52-35(44(65)66)26(8)11-2/h23-32,34-36,55-56H,10-22,45-46H2,1-9H3,(H,47,58)(H,48,63)(H,49,61)(H,50,62)(H,51,59)(H,52,57)(H,53,60)(H,65,66)/t25-,26-,27+,28-,29-,30-,31-,32-,34-,35-,36-/m0/s1. The molecule has 0 spiro atoms. The first-order chi connectivity index (χ1) is 30.9. The zero-order valence-electron chi connectivity index (χ0n) is 40.3. The number of aliphatic carboxylic acids is 1. The molecule has 0 aromatic rings. The van der Waals surface area contributed by atoms with Crippen molar-refractivity contribution in [3.8, 4) is 0 Å². The van der Waals surface area contributed by atoms with Crippen molar-refractivity contribution >= 4 is 53.2 Å². The first kappa shape index (κ1) is 59.1. The fourth-order valence-electron chi connectivity index (χ4n) is 7.30. The number of nitrogens with one attached hydrogen (secondary N) is 7. The van der Waals surface area contributed by atoms with Crippen LogP contribution in [0.2, 0.25) is 0 Å². The highest BCUT2D eigenvalue weighted by Crippen LogP contribution is 2.20. The Morgan fingerprint density at radius 1 is 0.667 bits per heavy atom. The number of nitrogens with zero attached hydrogens (tertiary/aromatic N) is 1. The van der Waals surface area contributed by atoms with E-state index in [2.05, 4.69) is 37.2 Å². The summed E-state index contributed by atoms with van der Waals surface area (Å²) in [6, 6.07) is -9.86. The van der Waals surface area contributed by atoms with Crippen LogP contribution < -0.4 is 48.7 Å². The van der Waals surface area contributed by atoms with Crippen molar-refractivity contribution in [2.45, 2.75) is 175 Å². The maximum Gasteiger partial charge on any atom is 0.326 e. The van der Waals surface area contributed by atoms with E-state index >= 15 is 0 Å². The van der Waals surface area contributed by atoms with Gasteiger partial charge in [0, 0.05) is 6.54 Å². The van der Waals surface area contributed by atoms with Gasteiger partial charge >= 0.3 is 5.97 Å². The summed E-state index contributed by atoms with van der Waals surface area (Å²) in [6.07, 6.45) is 1.36. The number of likely N-dealkylation sites (tertiary alicyclic amines) is 1. The van der Waals surface area contributed by atoms with Crippen LogP contribution in [0.15, 0.2) is 0 Å². The van der Waals surface area contributed by atoms with Gasteiger partial charge in [-0.15, -0.1) is 0 Å². The first-order valence-electron chi connectivity index (χ1n) is 23.3. The van der Waals surface area contributed by atoms with Crippen LogP contribution >= 0.6 is 0 Å². The van der Waals surface area contributed by atoms with E-state index in [1.165, 1.54) is 11.8 Å². The van der Waals surface area contributed by atoms with Gasteiger partial charge in [0.25, 0.3) is 0 Å². The third kappa shape index (κ3) is 19.5. The highest BCUT2D eigenvalue weighted by atomic mass is 16.4. The maximum atomic E-state index is 13.9. The smallest absolute Gasteiger partial charge is 0.326 e. The highest BCUT2D eigenvalue weighted by molar-refractivity contribution is 5.98. The molecular formula is C44H80N10O12. The zero-order valence-corrected chi connectivity index (χ0v) is 40.3. The zero-order chi connectivity index (χ0) is 50.4. The third-order valence-electron chi connectivity index (χ3n) is 11.7. The van der Waals surface area contributed by atoms with Crippen molar-refractivity contribution in [2.24, 2.45) is 35.1 Å². The molecule has 1 aliphatic rings. The summed E-state index contributed by atoms with van der Waals surface area (Å²) in [5, 5.41) is 48.1. The summed E-state index contributed by atoms with van der Waals surface area (Å²) < 4.78 is 0. The Balaban J connectivity index is 3.20. The molecule has 1 fully saturated rings. The second-order valence-electron chi connectivity index (χ2n) is 18.3. The molecular weight excluding hydrogens is 861 g/mol. The van der Waals surface area contributed by atoms with Gasteiger partial charge in [-0.2, -0.15) is 0 Å². The summed E-state index contributed by atoms with van der Waals surface area (Å²) in [5.41, 5.74) is 11.7. The van der Waals surface area contributed by atoms with Crippen LogP contribution in [0.4, 0.5) is 0 Å². The van der Waals surface area contributed by atoms with Crippen LogP contribution in [0.5, 0.6) is 0 Å². The molecule has 0 saturated carbocycles. The topological polar surface area (TPSA) is 354 Å². The van der Waals surface area contributed by atoms with E-state index in [0.29, 0.717) is 32.1 Å². The number of carbonyl (C=O) groups is 9. The molecule has 11 atom stereocenters. The lowest BCUT2D eigenvalue weighted by atomic mass is 9.97. The number of nitrogens with two attached hydrogens (primary N) is 2. The van der Waals surface area contributed by atoms with Gasteiger partial charge in [-0.05, 0) is 82.1 Å². The van der Waals surface area contributed by atoms with Crippen molar-refractivity contribution in [3.63, 3.8) is 0 Å². The van der Waals surface area contributed by atoms with E-state index in [4.69, 9.17) is 11.5 Å². The average molecular weight is 941 g/mol. The van der Waals surface area contributed by atoms with Crippen molar-refractivity contribution in [1.82, 2.24) is 42.1 Å². The monoisotopic (exact) mass is 941 g/mol. The molecule has 1 heterocycles. The van der Waals surface area contributed by atoms with Crippen LogP contribution in [0.1, 0.15) is 120 Å². The molecule has 1 saturated heterocycles. The highest BCUT2D eigenvalue weighted by Gasteiger charge is 2.40. The molecule has 0 aromatic heterocycles. The molecule has 0 aromatic carbocycles. The molecule has 0 unspecified atom stereocenters.